The summed E-state index contributed by atoms with van der Waals surface area (Å²) in [5, 5.41) is 8.39. The number of unbranched alkanes of at least 4 members (excludes halogenated alkanes) is 7. The van der Waals surface area contributed by atoms with Gasteiger partial charge in [-0.25, -0.2) is 0 Å². The number of carboxylic acids is 1. The first kappa shape index (κ1) is 24.4. The van der Waals surface area contributed by atoms with Gasteiger partial charge in [-0.05, 0) is 6.42 Å². The quantitative estimate of drug-likeness (QED) is 0.315. The average Bonchev–Trinajstić information content (AvgIpc) is 2.19. The SMILES string of the molecule is CCCCCCCCCCC(=O)O.O=S(=O)(O)O.[H-].[Na+]. The van der Waals surface area contributed by atoms with Crippen LogP contribution in [0.4, 0.5) is 0 Å². The van der Waals surface area contributed by atoms with Crippen LogP contribution in [0.1, 0.15) is 66.1 Å². The zero-order chi connectivity index (χ0) is 14.4. The molecule has 3 N–H and O–H groups in total. The second kappa shape index (κ2) is 16.4. The summed E-state index contributed by atoms with van der Waals surface area (Å²) in [6.45, 7) is 2.22. The van der Waals surface area contributed by atoms with Crippen LogP contribution in [0.2, 0.25) is 0 Å². The normalized spacial score (nSPS) is 10.1. The molecule has 0 atom stereocenters. The molecule has 0 aromatic rings. The molecular formula is C11H25NaO6S. The van der Waals surface area contributed by atoms with Crippen LogP contribution in [-0.4, -0.2) is 28.6 Å². The zero-order valence-corrected chi connectivity index (χ0v) is 14.7. The standard InChI is InChI=1S/C11H22O2.Na.H2O4S.H/c1-2-3-4-5-6-7-8-9-10-11(12)13;;1-5(2,3)4;/h2-10H2,1H3,(H,12,13);;(H2,1,2,3,4);/q;+1;;-1. The van der Waals surface area contributed by atoms with Crippen LogP contribution in [0.25, 0.3) is 0 Å². The molecule has 0 unspecified atom stereocenters. The van der Waals surface area contributed by atoms with Gasteiger partial charge in [0.25, 0.3) is 0 Å². The van der Waals surface area contributed by atoms with Gasteiger partial charge < -0.3 is 6.53 Å². The minimum absolute atomic E-state index is 0. The summed E-state index contributed by atoms with van der Waals surface area (Å²) in [6.07, 6.45) is 10.1. The van der Waals surface area contributed by atoms with Crippen LogP contribution in [0.3, 0.4) is 0 Å². The summed E-state index contributed by atoms with van der Waals surface area (Å²) in [6, 6.07) is 0. The van der Waals surface area contributed by atoms with Crippen LogP contribution in [0.5, 0.6) is 0 Å². The fraction of sp³-hybridized carbons (Fsp3) is 0.909. The van der Waals surface area contributed by atoms with Gasteiger partial charge in [-0.2, -0.15) is 8.42 Å². The largest absolute Gasteiger partial charge is 1.00 e. The maximum atomic E-state index is 10.2. The zero-order valence-electron chi connectivity index (χ0n) is 12.8. The van der Waals surface area contributed by atoms with E-state index < -0.39 is 16.4 Å². The monoisotopic (exact) mass is 308 g/mol. The molecule has 0 aliphatic heterocycles. The van der Waals surface area contributed by atoms with Crippen molar-refractivity contribution in [1.82, 2.24) is 0 Å². The number of hydrogen-bond acceptors (Lipinski definition) is 3. The van der Waals surface area contributed by atoms with Gasteiger partial charge in [0.2, 0.25) is 0 Å². The van der Waals surface area contributed by atoms with Gasteiger partial charge >= 0.3 is 45.9 Å². The molecular weight excluding hydrogens is 283 g/mol. The molecule has 0 aromatic heterocycles. The Kier molecular flexibility index (Phi) is 21.0. The Labute approximate surface area is 139 Å². The molecule has 112 valence electrons. The summed E-state index contributed by atoms with van der Waals surface area (Å²) in [5.74, 6) is -0.661. The van der Waals surface area contributed by atoms with E-state index in [4.69, 9.17) is 22.6 Å². The Balaban J connectivity index is -0.000000158. The molecule has 0 aliphatic rings. The second-order valence-corrected chi connectivity index (χ2v) is 4.96. The first-order chi connectivity index (χ1) is 8.27. The second-order valence-electron chi connectivity index (χ2n) is 4.07. The smallest absolute Gasteiger partial charge is 1.00 e. The topological polar surface area (TPSA) is 112 Å². The van der Waals surface area contributed by atoms with Crippen molar-refractivity contribution in [2.24, 2.45) is 0 Å². The van der Waals surface area contributed by atoms with Crippen molar-refractivity contribution < 1.29 is 58.4 Å². The van der Waals surface area contributed by atoms with Crippen LogP contribution in [0, 0.1) is 0 Å². The Morgan fingerprint density at radius 2 is 1.26 bits per heavy atom. The van der Waals surface area contributed by atoms with Crippen molar-refractivity contribution in [1.29, 1.82) is 0 Å². The van der Waals surface area contributed by atoms with Crippen molar-refractivity contribution in [2.45, 2.75) is 64.7 Å². The number of rotatable bonds is 9. The van der Waals surface area contributed by atoms with Gasteiger partial charge in [0.1, 0.15) is 0 Å². The van der Waals surface area contributed by atoms with Crippen LogP contribution in [-0.2, 0) is 15.2 Å². The Morgan fingerprint density at radius 1 is 0.947 bits per heavy atom. The Morgan fingerprint density at radius 3 is 1.58 bits per heavy atom. The average molecular weight is 308 g/mol. The third-order valence-corrected chi connectivity index (χ3v) is 2.24. The van der Waals surface area contributed by atoms with Crippen molar-refractivity contribution >= 4 is 16.4 Å². The van der Waals surface area contributed by atoms with Gasteiger partial charge in [-0.3, -0.25) is 13.9 Å². The molecule has 0 radical (unpaired) electrons. The molecule has 0 saturated heterocycles. The third kappa shape index (κ3) is 45.8. The minimum Gasteiger partial charge on any atom is -1.00 e. The van der Waals surface area contributed by atoms with E-state index in [2.05, 4.69) is 6.92 Å². The van der Waals surface area contributed by atoms with E-state index in [9.17, 15) is 4.79 Å². The van der Waals surface area contributed by atoms with Crippen LogP contribution in [0.15, 0.2) is 0 Å². The van der Waals surface area contributed by atoms with Crippen LogP contribution < -0.4 is 29.6 Å². The van der Waals surface area contributed by atoms with Gasteiger partial charge in [0.15, 0.2) is 0 Å². The summed E-state index contributed by atoms with van der Waals surface area (Å²) < 4.78 is 31.6. The minimum atomic E-state index is -4.67. The molecule has 6 nitrogen and oxygen atoms in total. The first-order valence-corrected chi connectivity index (χ1v) is 7.58. The molecule has 0 spiro atoms. The molecule has 8 heteroatoms. The maximum absolute atomic E-state index is 10.2. The Bertz CT molecular complexity index is 289. The summed E-state index contributed by atoms with van der Waals surface area (Å²) >= 11 is 0. The number of aliphatic carboxylic acids is 1. The molecule has 0 aromatic carbocycles. The number of hydrogen-bond donors (Lipinski definition) is 3. The predicted octanol–water partition coefficient (Wildman–Crippen LogP) is 0.0655. The van der Waals surface area contributed by atoms with E-state index in [1.165, 1.54) is 38.5 Å². The van der Waals surface area contributed by atoms with Crippen molar-refractivity contribution in [3.63, 3.8) is 0 Å². The summed E-state index contributed by atoms with van der Waals surface area (Å²) in [4.78, 5) is 10.2. The van der Waals surface area contributed by atoms with Crippen molar-refractivity contribution in [3.8, 4) is 0 Å². The van der Waals surface area contributed by atoms with Gasteiger partial charge in [-0.1, -0.05) is 51.9 Å². The fourth-order valence-electron chi connectivity index (χ4n) is 1.41. The van der Waals surface area contributed by atoms with E-state index in [1.54, 1.807) is 0 Å². The van der Waals surface area contributed by atoms with E-state index in [-0.39, 0.29) is 31.0 Å². The van der Waals surface area contributed by atoms with Gasteiger partial charge in [-0.15, -0.1) is 0 Å². The summed E-state index contributed by atoms with van der Waals surface area (Å²) in [5.41, 5.74) is 0. The molecule has 0 saturated carbocycles. The molecule has 0 heterocycles. The first-order valence-electron chi connectivity index (χ1n) is 6.19. The van der Waals surface area contributed by atoms with Gasteiger partial charge in [0.05, 0.1) is 0 Å². The molecule has 19 heavy (non-hydrogen) atoms. The molecule has 0 amide bonds. The van der Waals surface area contributed by atoms with E-state index in [0.717, 1.165) is 12.8 Å². The third-order valence-electron chi connectivity index (χ3n) is 2.24. The van der Waals surface area contributed by atoms with E-state index in [0.29, 0.717) is 6.42 Å². The maximum Gasteiger partial charge on any atom is 1.00 e. The van der Waals surface area contributed by atoms with Gasteiger partial charge in [0, 0.05) is 6.42 Å². The van der Waals surface area contributed by atoms with Crippen molar-refractivity contribution in [2.75, 3.05) is 0 Å². The molecule has 0 aliphatic carbocycles. The predicted molar refractivity (Wildman–Crippen MR) is 70.2 cm³/mol. The molecule has 0 fully saturated rings. The van der Waals surface area contributed by atoms with E-state index in [1.807, 2.05) is 0 Å². The van der Waals surface area contributed by atoms with Crippen LogP contribution >= 0.6 is 0 Å². The number of carboxylic acid groups (broad SMARTS) is 1. The summed E-state index contributed by atoms with van der Waals surface area (Å²) in [7, 11) is -4.67. The van der Waals surface area contributed by atoms with Crippen molar-refractivity contribution in [3.05, 3.63) is 0 Å². The number of carbonyl (C=O) groups is 1. The molecule has 0 rings (SSSR count). The Hall–Kier alpha value is 0.340. The van der Waals surface area contributed by atoms with E-state index >= 15 is 0 Å². The molecule has 0 bridgehead atoms. The fourth-order valence-corrected chi connectivity index (χ4v) is 1.41.